The van der Waals surface area contributed by atoms with Crippen LogP contribution in [0.15, 0.2) is 0 Å². The molecule has 146 valence electrons. The molecule has 3 heterocycles. The molecule has 0 aromatic heterocycles. The Labute approximate surface area is 146 Å². The topological polar surface area (TPSA) is 249 Å². The predicted molar refractivity (Wildman–Crippen MR) is 78.4 cm³/mol. The molecule has 0 bridgehead atoms. The van der Waals surface area contributed by atoms with E-state index in [1.807, 2.05) is 0 Å². The molecule has 1 spiro atoms. The van der Waals surface area contributed by atoms with Crippen LogP contribution in [0.25, 0.3) is 0 Å². The van der Waals surface area contributed by atoms with E-state index < -0.39 is 52.6 Å². The maximum Gasteiger partial charge on any atom is 0.420 e. The zero-order valence-corrected chi connectivity index (χ0v) is 13.9. The fourth-order valence-electron chi connectivity index (χ4n) is 3.51. The molecular formula is C10H18N7O8S+. The Bertz CT molecular complexity index is 810. The smallest absolute Gasteiger partial charge is 0.420 e. The monoisotopic (exact) mass is 396 g/mol. The van der Waals surface area contributed by atoms with Crippen molar-refractivity contribution in [1.82, 2.24) is 15.4 Å². The van der Waals surface area contributed by atoms with Gasteiger partial charge in [0.2, 0.25) is 0 Å². The van der Waals surface area contributed by atoms with Gasteiger partial charge in [-0.3, -0.25) is 21.8 Å². The minimum Gasteiger partial charge on any atom is -0.731 e. The van der Waals surface area contributed by atoms with Crippen LogP contribution in [-0.4, -0.2) is 93.7 Å². The number of rotatable bonds is 3. The molecule has 0 aromatic rings. The lowest BCUT2D eigenvalue weighted by Gasteiger charge is -2.40. The summed E-state index contributed by atoms with van der Waals surface area (Å²) in [5, 5.41) is 36.3. The SMILES string of the molecule is NC1=[NH+][C@H]2[C@H](COC(=O)NS(=O)(=O)[O-])NC(N)=[N+]3C[C@H](O)C(O)(O)[C@]23N1. The first-order valence-corrected chi connectivity index (χ1v) is 8.66. The summed E-state index contributed by atoms with van der Waals surface area (Å²) in [6.45, 7) is -0.775. The van der Waals surface area contributed by atoms with Gasteiger partial charge in [0.05, 0.1) is 0 Å². The van der Waals surface area contributed by atoms with Crippen molar-refractivity contribution in [3.63, 3.8) is 0 Å². The molecule has 16 heteroatoms. The van der Waals surface area contributed by atoms with E-state index in [4.69, 9.17) is 11.5 Å². The van der Waals surface area contributed by atoms with Gasteiger partial charge < -0.3 is 24.6 Å². The molecule has 26 heavy (non-hydrogen) atoms. The highest BCUT2D eigenvalue weighted by Gasteiger charge is 2.77. The number of guanidine groups is 2. The maximum absolute atomic E-state index is 11.4. The summed E-state index contributed by atoms with van der Waals surface area (Å²) in [4.78, 5) is 14.1. The second kappa shape index (κ2) is 5.55. The number of carbonyl (C=O) groups excluding carboxylic acids is 1. The van der Waals surface area contributed by atoms with E-state index in [0.29, 0.717) is 0 Å². The summed E-state index contributed by atoms with van der Waals surface area (Å²) >= 11 is 0. The van der Waals surface area contributed by atoms with Gasteiger partial charge in [0, 0.05) is 0 Å². The van der Waals surface area contributed by atoms with Gasteiger partial charge in [-0.1, -0.05) is 0 Å². The molecule has 15 nitrogen and oxygen atoms in total. The first-order chi connectivity index (χ1) is 11.9. The number of amides is 1. The van der Waals surface area contributed by atoms with Crippen molar-refractivity contribution in [2.75, 3.05) is 13.2 Å². The number of nitrogens with one attached hydrogen (secondary N) is 4. The number of aliphatic hydroxyl groups is 3. The first kappa shape index (κ1) is 18.4. The molecular weight excluding hydrogens is 378 g/mol. The predicted octanol–water partition coefficient (Wildman–Crippen LogP) is -8.41. The van der Waals surface area contributed by atoms with E-state index in [1.54, 1.807) is 0 Å². The largest absolute Gasteiger partial charge is 0.731 e. The van der Waals surface area contributed by atoms with Crippen LogP contribution in [0.4, 0.5) is 4.79 Å². The molecule has 4 atom stereocenters. The Hall–Kier alpha value is -2.40. The van der Waals surface area contributed by atoms with Gasteiger partial charge in [0.1, 0.15) is 25.3 Å². The minimum atomic E-state index is -5.05. The zero-order chi connectivity index (χ0) is 19.5. The van der Waals surface area contributed by atoms with Gasteiger partial charge in [-0.05, 0) is 0 Å². The van der Waals surface area contributed by atoms with E-state index in [9.17, 15) is 33.1 Å². The molecule has 0 unspecified atom stereocenters. The summed E-state index contributed by atoms with van der Waals surface area (Å²) < 4.78 is 38.5. The van der Waals surface area contributed by atoms with Crippen molar-refractivity contribution >= 4 is 28.3 Å². The zero-order valence-electron chi connectivity index (χ0n) is 13.0. The third-order valence-electron chi connectivity index (χ3n) is 4.52. The lowest BCUT2D eigenvalue weighted by molar-refractivity contribution is -0.674. The lowest BCUT2D eigenvalue weighted by atomic mass is 9.86. The van der Waals surface area contributed by atoms with Crippen molar-refractivity contribution in [3.8, 4) is 0 Å². The van der Waals surface area contributed by atoms with Gasteiger partial charge in [0.25, 0.3) is 11.4 Å². The highest BCUT2D eigenvalue weighted by atomic mass is 32.2. The standard InChI is InChI=1S/C10H17N7O8S/c11-6-14-5-3(2-25-8(19)16-26(22,23)24)13-7(12)17-1-4(18)10(20,21)9(5,17)15-6/h3-5,18,20-21H,1-2H2,(H7,11,12,13,14,15,16,19,22,23,24)/p+1/t3-,4-,5-,9-/m0/s1. The highest BCUT2D eigenvalue weighted by Crippen LogP contribution is 2.37. The van der Waals surface area contributed by atoms with Crippen LogP contribution < -0.4 is 31.8 Å². The number of ether oxygens (including phenoxy) is 1. The van der Waals surface area contributed by atoms with Crippen LogP contribution >= 0.6 is 0 Å². The Morgan fingerprint density at radius 1 is 1.50 bits per heavy atom. The van der Waals surface area contributed by atoms with Gasteiger partial charge in [-0.15, -0.1) is 0 Å². The molecule has 0 aromatic carbocycles. The number of hydrogen-bond acceptors (Lipinski definition) is 12. The number of hydrogen-bond donors (Lipinski definition) is 9. The van der Waals surface area contributed by atoms with Crippen LogP contribution in [-0.2, 0) is 15.0 Å². The molecule has 3 rings (SSSR count). The van der Waals surface area contributed by atoms with Crippen LogP contribution in [0.1, 0.15) is 0 Å². The minimum absolute atomic E-state index is 0.0605. The van der Waals surface area contributed by atoms with Crippen molar-refractivity contribution in [3.05, 3.63) is 0 Å². The first-order valence-electron chi connectivity index (χ1n) is 7.25. The van der Waals surface area contributed by atoms with E-state index in [-0.39, 0.29) is 18.5 Å². The number of aliphatic hydroxyl groups excluding tert-OH is 1. The number of nitrogens with zero attached hydrogens (tertiary/aromatic N) is 1. The molecule has 3 aliphatic rings. The van der Waals surface area contributed by atoms with Crippen molar-refractivity contribution in [2.45, 2.75) is 29.6 Å². The van der Waals surface area contributed by atoms with E-state index in [1.165, 1.54) is 4.58 Å². The second-order valence-electron chi connectivity index (χ2n) is 6.07. The van der Waals surface area contributed by atoms with Crippen molar-refractivity contribution in [1.29, 1.82) is 0 Å². The van der Waals surface area contributed by atoms with E-state index in [0.717, 1.165) is 4.72 Å². The van der Waals surface area contributed by atoms with Crippen LogP contribution in [0.3, 0.4) is 0 Å². The maximum atomic E-state index is 11.4. The Balaban J connectivity index is 1.88. The summed E-state index contributed by atoms with van der Waals surface area (Å²) in [5.74, 6) is -2.84. The van der Waals surface area contributed by atoms with Crippen LogP contribution in [0.2, 0.25) is 0 Å². The number of carbonyl (C=O) groups is 1. The average molecular weight is 396 g/mol. The Kier molecular flexibility index (Phi) is 3.92. The normalized spacial score (nSPS) is 34.9. The van der Waals surface area contributed by atoms with Crippen LogP contribution in [0.5, 0.6) is 0 Å². The third kappa shape index (κ3) is 2.58. The third-order valence-corrected chi connectivity index (χ3v) is 4.94. The van der Waals surface area contributed by atoms with Crippen molar-refractivity contribution in [2.24, 2.45) is 11.5 Å². The summed E-state index contributed by atoms with van der Waals surface area (Å²) in [6, 6.07) is -1.93. The average Bonchev–Trinajstić information content (AvgIpc) is 2.93. The van der Waals surface area contributed by atoms with Crippen molar-refractivity contribution < 1.29 is 47.4 Å². The van der Waals surface area contributed by atoms with Gasteiger partial charge in [-0.2, -0.15) is 0 Å². The van der Waals surface area contributed by atoms with Gasteiger partial charge in [0.15, 0.2) is 16.3 Å². The Morgan fingerprint density at radius 2 is 2.15 bits per heavy atom. The highest BCUT2D eigenvalue weighted by molar-refractivity contribution is 7.84. The molecule has 0 aliphatic carbocycles. The quantitative estimate of drug-likeness (QED) is 0.122. The Morgan fingerprint density at radius 3 is 2.77 bits per heavy atom. The molecule has 0 radical (unpaired) electrons. The summed E-state index contributed by atoms with van der Waals surface area (Å²) in [5.41, 5.74) is 9.79. The van der Waals surface area contributed by atoms with E-state index >= 15 is 0 Å². The molecule has 0 saturated carbocycles. The molecule has 3 aliphatic heterocycles. The summed E-state index contributed by atoms with van der Waals surface area (Å²) in [7, 11) is -5.05. The van der Waals surface area contributed by atoms with Gasteiger partial charge >= 0.3 is 18.0 Å². The fraction of sp³-hybridized carbons (Fsp3) is 0.700. The molecule has 11 N–H and O–H groups in total. The van der Waals surface area contributed by atoms with E-state index in [2.05, 4.69) is 20.4 Å². The molecule has 1 fully saturated rings. The van der Waals surface area contributed by atoms with Gasteiger partial charge in [-0.25, -0.2) is 27.8 Å². The number of nitrogens with two attached hydrogens (primary N) is 2. The van der Waals surface area contributed by atoms with Crippen LogP contribution in [0, 0.1) is 0 Å². The second-order valence-corrected chi connectivity index (χ2v) is 7.18. The summed E-state index contributed by atoms with van der Waals surface area (Å²) in [6.07, 6.45) is -3.13. The fourth-order valence-corrected chi connectivity index (χ4v) is 3.77. The molecule has 1 amide bonds. The lowest BCUT2D eigenvalue weighted by Crippen LogP contribution is -2.91. The molecule has 1 saturated heterocycles.